The van der Waals surface area contributed by atoms with Gasteiger partial charge in [-0.15, -0.1) is 11.3 Å². The van der Waals surface area contributed by atoms with Gasteiger partial charge < -0.3 is 10.6 Å². The second-order valence-corrected chi connectivity index (χ2v) is 6.23. The molecule has 0 saturated heterocycles. The van der Waals surface area contributed by atoms with Crippen LogP contribution in [-0.4, -0.2) is 22.4 Å². The van der Waals surface area contributed by atoms with Crippen LogP contribution in [0.4, 0.5) is 5.82 Å². The molecule has 0 aromatic carbocycles. The second kappa shape index (κ2) is 7.38. The molecule has 2 aromatic rings. The Balaban J connectivity index is 2.03. The van der Waals surface area contributed by atoms with Crippen molar-refractivity contribution >= 4 is 34.7 Å². The van der Waals surface area contributed by atoms with Crippen molar-refractivity contribution < 1.29 is 4.79 Å². The average Bonchev–Trinajstić information content (AvgIpc) is 2.89. The number of nitrogens with zero attached hydrogens (tertiary/aromatic N) is 2. The molecule has 2 N–H and O–H groups in total. The van der Waals surface area contributed by atoms with Crippen LogP contribution >= 0.6 is 22.9 Å². The second-order valence-electron chi connectivity index (χ2n) is 4.50. The Hall–Kier alpha value is -1.66. The zero-order chi connectivity index (χ0) is 15.2. The number of halogens is 1. The van der Waals surface area contributed by atoms with Gasteiger partial charge in [-0.25, -0.2) is 9.97 Å². The topological polar surface area (TPSA) is 66.9 Å². The summed E-state index contributed by atoms with van der Waals surface area (Å²) in [4.78, 5) is 21.5. The van der Waals surface area contributed by atoms with E-state index in [4.69, 9.17) is 11.6 Å². The van der Waals surface area contributed by atoms with Crippen molar-refractivity contribution in [1.82, 2.24) is 15.3 Å². The Labute approximate surface area is 132 Å². The third-order valence-electron chi connectivity index (χ3n) is 2.75. The molecule has 0 bridgehead atoms. The first-order valence-corrected chi connectivity index (χ1v) is 7.88. The summed E-state index contributed by atoms with van der Waals surface area (Å²) in [7, 11) is 0. The van der Waals surface area contributed by atoms with E-state index in [-0.39, 0.29) is 5.91 Å². The predicted molar refractivity (Wildman–Crippen MR) is 86.0 cm³/mol. The van der Waals surface area contributed by atoms with Crippen molar-refractivity contribution in [3.8, 4) is 0 Å². The Bertz CT molecular complexity index is 629. The van der Waals surface area contributed by atoms with Crippen molar-refractivity contribution in [2.45, 2.75) is 26.8 Å². The van der Waals surface area contributed by atoms with Gasteiger partial charge in [0.1, 0.15) is 5.82 Å². The van der Waals surface area contributed by atoms with Crippen LogP contribution in [0.3, 0.4) is 0 Å². The number of aromatic nitrogens is 2. The van der Waals surface area contributed by atoms with Gasteiger partial charge in [0.2, 0.25) is 0 Å². The highest BCUT2D eigenvalue weighted by atomic mass is 35.5. The van der Waals surface area contributed by atoms with E-state index in [0.29, 0.717) is 22.9 Å². The molecule has 5 nitrogen and oxygen atoms in total. The molecule has 1 amide bonds. The molecule has 21 heavy (non-hydrogen) atoms. The van der Waals surface area contributed by atoms with Gasteiger partial charge in [-0.1, -0.05) is 18.5 Å². The molecule has 0 spiro atoms. The van der Waals surface area contributed by atoms with Crippen LogP contribution in [0, 0.1) is 6.92 Å². The smallest absolute Gasteiger partial charge is 0.253 e. The van der Waals surface area contributed by atoms with Crippen molar-refractivity contribution in [2.24, 2.45) is 0 Å². The molecule has 0 aliphatic rings. The van der Waals surface area contributed by atoms with E-state index >= 15 is 0 Å². The summed E-state index contributed by atoms with van der Waals surface area (Å²) in [6, 6.07) is 1.67. The Morgan fingerprint density at radius 2 is 2.19 bits per heavy atom. The summed E-state index contributed by atoms with van der Waals surface area (Å²) >= 11 is 7.61. The minimum atomic E-state index is -0.215. The lowest BCUT2D eigenvalue weighted by molar-refractivity contribution is 0.0951. The van der Waals surface area contributed by atoms with Crippen molar-refractivity contribution in [2.75, 3.05) is 11.9 Å². The lowest BCUT2D eigenvalue weighted by Gasteiger charge is -2.08. The van der Waals surface area contributed by atoms with E-state index in [1.54, 1.807) is 23.6 Å². The zero-order valence-corrected chi connectivity index (χ0v) is 13.5. The number of amides is 1. The van der Waals surface area contributed by atoms with Gasteiger partial charge in [0.15, 0.2) is 0 Å². The average molecular weight is 325 g/mol. The molecule has 0 aliphatic carbocycles. The first kappa shape index (κ1) is 15.7. The van der Waals surface area contributed by atoms with Gasteiger partial charge in [0.05, 0.1) is 22.1 Å². The van der Waals surface area contributed by atoms with E-state index in [0.717, 1.165) is 22.9 Å². The van der Waals surface area contributed by atoms with Crippen LogP contribution in [0.25, 0.3) is 0 Å². The number of carbonyl (C=O) groups excluding carboxylic acids is 1. The molecule has 0 saturated carbocycles. The van der Waals surface area contributed by atoms with Gasteiger partial charge in [0.25, 0.3) is 5.91 Å². The maximum atomic E-state index is 12.2. The fourth-order valence-electron chi connectivity index (χ4n) is 1.71. The summed E-state index contributed by atoms with van der Waals surface area (Å²) in [6.07, 6.45) is 4.24. The minimum absolute atomic E-state index is 0.215. The van der Waals surface area contributed by atoms with E-state index in [9.17, 15) is 4.79 Å². The molecule has 2 aromatic heterocycles. The first-order valence-electron chi connectivity index (χ1n) is 6.69. The largest absolute Gasteiger partial charge is 0.370 e. The van der Waals surface area contributed by atoms with Crippen LogP contribution in [0.1, 0.15) is 33.6 Å². The fraction of sp³-hybridized carbons (Fsp3) is 0.357. The quantitative estimate of drug-likeness (QED) is 0.856. The molecule has 2 heterocycles. The summed E-state index contributed by atoms with van der Waals surface area (Å²) in [5.74, 6) is 0.438. The number of hydrogen-bond acceptors (Lipinski definition) is 5. The number of hydrogen-bond donors (Lipinski definition) is 2. The van der Waals surface area contributed by atoms with E-state index in [1.165, 1.54) is 6.20 Å². The highest BCUT2D eigenvalue weighted by Gasteiger charge is 2.12. The van der Waals surface area contributed by atoms with Gasteiger partial charge >= 0.3 is 0 Å². The maximum absolute atomic E-state index is 12.2. The third kappa shape index (κ3) is 4.41. The Kier molecular flexibility index (Phi) is 5.52. The standard InChI is InChI=1S/C14H17ClN4OS/c1-3-4-16-13-5-11(12(15)8-18-13)14(20)19-7-10-6-17-9(2)21-10/h5-6,8H,3-4,7H2,1-2H3,(H,16,18)(H,19,20). The molecule has 0 radical (unpaired) electrons. The zero-order valence-electron chi connectivity index (χ0n) is 11.9. The number of nitrogens with one attached hydrogen (secondary N) is 2. The van der Waals surface area contributed by atoms with Gasteiger partial charge in [-0.05, 0) is 19.4 Å². The molecule has 0 unspecified atom stereocenters. The minimum Gasteiger partial charge on any atom is -0.370 e. The van der Waals surface area contributed by atoms with Crippen LogP contribution in [0.2, 0.25) is 5.02 Å². The molecule has 112 valence electrons. The van der Waals surface area contributed by atoms with Crippen LogP contribution in [0.15, 0.2) is 18.5 Å². The normalized spacial score (nSPS) is 10.4. The van der Waals surface area contributed by atoms with Crippen LogP contribution in [0.5, 0.6) is 0 Å². The summed E-state index contributed by atoms with van der Waals surface area (Å²) in [5.41, 5.74) is 0.423. The van der Waals surface area contributed by atoms with Crippen LogP contribution in [-0.2, 0) is 6.54 Å². The summed E-state index contributed by atoms with van der Waals surface area (Å²) in [6.45, 7) is 5.24. The highest BCUT2D eigenvalue weighted by molar-refractivity contribution is 7.11. The monoisotopic (exact) mass is 324 g/mol. The highest BCUT2D eigenvalue weighted by Crippen LogP contribution is 2.18. The van der Waals surface area contributed by atoms with Crippen molar-refractivity contribution in [3.05, 3.63) is 38.9 Å². The Morgan fingerprint density at radius 3 is 2.86 bits per heavy atom. The Morgan fingerprint density at radius 1 is 1.38 bits per heavy atom. The van der Waals surface area contributed by atoms with Gasteiger partial charge in [-0.3, -0.25) is 4.79 Å². The summed E-state index contributed by atoms with van der Waals surface area (Å²) < 4.78 is 0. The number of aryl methyl sites for hydroxylation is 1. The lowest BCUT2D eigenvalue weighted by atomic mass is 10.2. The van der Waals surface area contributed by atoms with Crippen molar-refractivity contribution in [1.29, 1.82) is 0 Å². The molecular formula is C14H17ClN4OS. The number of thiazole rings is 1. The van der Waals surface area contributed by atoms with E-state index in [2.05, 4.69) is 27.5 Å². The van der Waals surface area contributed by atoms with Crippen molar-refractivity contribution in [3.63, 3.8) is 0 Å². The van der Waals surface area contributed by atoms with Gasteiger partial charge in [0, 0.05) is 23.8 Å². The first-order chi connectivity index (χ1) is 10.1. The SMILES string of the molecule is CCCNc1cc(C(=O)NCc2cnc(C)s2)c(Cl)cn1. The van der Waals surface area contributed by atoms with E-state index < -0.39 is 0 Å². The molecule has 0 fully saturated rings. The fourth-order valence-corrected chi connectivity index (χ4v) is 2.64. The predicted octanol–water partition coefficient (Wildman–Crippen LogP) is 3.25. The molecule has 0 aliphatic heterocycles. The number of anilines is 1. The van der Waals surface area contributed by atoms with Gasteiger partial charge in [-0.2, -0.15) is 0 Å². The summed E-state index contributed by atoms with van der Waals surface area (Å²) in [5, 5.41) is 7.30. The molecular weight excluding hydrogens is 308 g/mol. The number of rotatable bonds is 6. The molecule has 2 rings (SSSR count). The van der Waals surface area contributed by atoms with E-state index in [1.807, 2.05) is 6.92 Å². The molecule has 7 heteroatoms. The van der Waals surface area contributed by atoms with Crippen LogP contribution < -0.4 is 10.6 Å². The lowest BCUT2D eigenvalue weighted by Crippen LogP contribution is -2.23. The number of pyridine rings is 1. The number of carbonyl (C=O) groups is 1. The molecule has 0 atom stereocenters. The third-order valence-corrected chi connectivity index (χ3v) is 3.96. The maximum Gasteiger partial charge on any atom is 0.253 e.